The third-order valence-corrected chi connectivity index (χ3v) is 3.85. The molecule has 0 bridgehead atoms. The number of rotatable bonds is 5. The second-order valence-corrected chi connectivity index (χ2v) is 5.46. The number of para-hydroxylation sites is 2. The number of benzene rings is 3. The minimum atomic E-state index is -0.564. The summed E-state index contributed by atoms with van der Waals surface area (Å²) in [7, 11) is 1.35. The highest BCUT2D eigenvalue weighted by Crippen LogP contribution is 2.31. The molecule has 0 saturated carbocycles. The van der Waals surface area contributed by atoms with Crippen molar-refractivity contribution in [2.45, 2.75) is 0 Å². The molecule has 3 aromatic carbocycles. The van der Waals surface area contributed by atoms with E-state index in [2.05, 4.69) is 0 Å². The second kappa shape index (κ2) is 7.48. The van der Waals surface area contributed by atoms with Gasteiger partial charge in [0.1, 0.15) is 0 Å². The van der Waals surface area contributed by atoms with E-state index in [0.717, 1.165) is 0 Å². The Hall–Kier alpha value is -3.67. The van der Waals surface area contributed by atoms with Gasteiger partial charge in [-0.15, -0.1) is 0 Å². The minimum Gasteiger partial charge on any atom is -0.490 e. The van der Waals surface area contributed by atoms with Gasteiger partial charge in [-0.1, -0.05) is 36.4 Å². The van der Waals surface area contributed by atoms with Crippen LogP contribution in [0.2, 0.25) is 0 Å². The molecule has 0 fully saturated rings. The Kier molecular flexibility index (Phi) is 4.94. The normalized spacial score (nSPS) is 10.2. The van der Waals surface area contributed by atoms with Gasteiger partial charge in [-0.3, -0.25) is 19.8 Å². The average molecular weight is 348 g/mol. The van der Waals surface area contributed by atoms with Crippen molar-refractivity contribution in [2.75, 3.05) is 12.0 Å². The number of anilines is 2. The Bertz CT molecular complexity index is 888. The molecule has 1 amide bonds. The Morgan fingerprint density at radius 2 is 1.46 bits per heavy atom. The molecule has 3 aromatic rings. The topological polar surface area (TPSA) is 72.7 Å². The Balaban J connectivity index is 2.09. The van der Waals surface area contributed by atoms with Crippen LogP contribution in [0.25, 0.3) is 0 Å². The molecular weight excluding hydrogens is 332 g/mol. The van der Waals surface area contributed by atoms with Crippen LogP contribution in [0.3, 0.4) is 0 Å². The Labute approximate surface area is 150 Å². The van der Waals surface area contributed by atoms with Crippen molar-refractivity contribution >= 4 is 23.0 Å². The fourth-order valence-electron chi connectivity index (χ4n) is 2.63. The molecule has 0 unspecified atom stereocenters. The zero-order valence-electron chi connectivity index (χ0n) is 14.0. The predicted octanol–water partition coefficient (Wildman–Crippen LogP) is 4.58. The van der Waals surface area contributed by atoms with Crippen molar-refractivity contribution < 1.29 is 14.5 Å². The van der Waals surface area contributed by atoms with Crippen molar-refractivity contribution in [3.8, 4) is 5.75 Å². The van der Waals surface area contributed by atoms with Crippen molar-refractivity contribution in [1.82, 2.24) is 0 Å². The molecule has 0 N–H and O–H groups in total. The van der Waals surface area contributed by atoms with Crippen LogP contribution >= 0.6 is 0 Å². The van der Waals surface area contributed by atoms with E-state index < -0.39 is 4.92 Å². The molecule has 0 aliphatic rings. The lowest BCUT2D eigenvalue weighted by Gasteiger charge is -2.23. The molecule has 3 rings (SSSR count). The largest absolute Gasteiger partial charge is 0.490 e. The third kappa shape index (κ3) is 3.39. The fraction of sp³-hybridized carbons (Fsp3) is 0.0500. The Morgan fingerprint density at radius 3 is 1.92 bits per heavy atom. The molecule has 0 atom stereocenters. The molecule has 6 heteroatoms. The van der Waals surface area contributed by atoms with Gasteiger partial charge >= 0.3 is 5.69 Å². The first-order valence-electron chi connectivity index (χ1n) is 7.89. The highest BCUT2D eigenvalue weighted by molar-refractivity contribution is 6.11. The van der Waals surface area contributed by atoms with E-state index >= 15 is 0 Å². The fourth-order valence-corrected chi connectivity index (χ4v) is 2.63. The standard InChI is InChI=1S/C20H16N2O4/c1-26-19-13-12-15(14-18(19)22(24)25)20(23)21(16-8-4-2-5-9-16)17-10-6-3-7-11-17/h2-14H,1H3. The molecule has 6 nitrogen and oxygen atoms in total. The minimum absolute atomic E-state index is 0.109. The van der Waals surface area contributed by atoms with E-state index in [1.165, 1.54) is 30.2 Å². The number of hydrogen-bond acceptors (Lipinski definition) is 4. The van der Waals surface area contributed by atoms with E-state index in [-0.39, 0.29) is 22.9 Å². The lowest BCUT2D eigenvalue weighted by molar-refractivity contribution is -0.385. The smallest absolute Gasteiger partial charge is 0.311 e. The molecule has 0 heterocycles. The summed E-state index contributed by atoms with van der Waals surface area (Å²) >= 11 is 0. The molecule has 0 saturated heterocycles. The molecule has 130 valence electrons. The van der Waals surface area contributed by atoms with E-state index in [4.69, 9.17) is 4.74 Å². The van der Waals surface area contributed by atoms with E-state index in [1.807, 2.05) is 60.7 Å². The molecular formula is C20H16N2O4. The average Bonchev–Trinajstić information content (AvgIpc) is 2.69. The van der Waals surface area contributed by atoms with Crippen LogP contribution in [0, 0.1) is 10.1 Å². The number of nitrogens with zero attached hydrogens (tertiary/aromatic N) is 2. The maximum Gasteiger partial charge on any atom is 0.311 e. The summed E-state index contributed by atoms with van der Waals surface area (Å²) in [5.74, 6) is -0.259. The highest BCUT2D eigenvalue weighted by atomic mass is 16.6. The van der Waals surface area contributed by atoms with E-state index in [1.54, 1.807) is 0 Å². The molecule has 0 aliphatic heterocycles. The number of amides is 1. The third-order valence-electron chi connectivity index (χ3n) is 3.85. The second-order valence-electron chi connectivity index (χ2n) is 5.46. The number of methoxy groups -OCH3 is 1. The van der Waals surface area contributed by atoms with Crippen molar-refractivity contribution in [1.29, 1.82) is 0 Å². The van der Waals surface area contributed by atoms with Crippen LogP contribution in [0.5, 0.6) is 5.75 Å². The quantitative estimate of drug-likeness (QED) is 0.500. The monoisotopic (exact) mass is 348 g/mol. The van der Waals surface area contributed by atoms with Crippen molar-refractivity contribution in [3.05, 3.63) is 94.5 Å². The van der Waals surface area contributed by atoms with Gasteiger partial charge in [0, 0.05) is 23.0 Å². The first-order chi connectivity index (χ1) is 12.6. The van der Waals surface area contributed by atoms with Crippen LogP contribution in [-0.2, 0) is 0 Å². The van der Waals surface area contributed by atoms with Crippen molar-refractivity contribution in [3.63, 3.8) is 0 Å². The summed E-state index contributed by atoms with van der Waals surface area (Å²) in [5, 5.41) is 11.3. The van der Waals surface area contributed by atoms with Gasteiger partial charge < -0.3 is 4.74 Å². The van der Waals surface area contributed by atoms with Gasteiger partial charge in [0.2, 0.25) is 0 Å². The van der Waals surface area contributed by atoms with Gasteiger partial charge in [0.15, 0.2) is 5.75 Å². The lowest BCUT2D eigenvalue weighted by Crippen LogP contribution is -2.26. The highest BCUT2D eigenvalue weighted by Gasteiger charge is 2.23. The summed E-state index contributed by atoms with van der Waals surface area (Å²) in [6, 6.07) is 22.4. The number of ether oxygens (including phenoxy) is 1. The number of carbonyl (C=O) groups is 1. The zero-order chi connectivity index (χ0) is 18.5. The molecule has 0 aliphatic carbocycles. The van der Waals surface area contributed by atoms with Gasteiger partial charge in [-0.2, -0.15) is 0 Å². The summed E-state index contributed by atoms with van der Waals surface area (Å²) < 4.78 is 5.00. The van der Waals surface area contributed by atoms with E-state index in [9.17, 15) is 14.9 Å². The van der Waals surface area contributed by atoms with Gasteiger partial charge in [-0.05, 0) is 36.4 Å². The van der Waals surface area contributed by atoms with Gasteiger partial charge in [-0.25, -0.2) is 0 Å². The summed E-state index contributed by atoms with van der Waals surface area (Å²) in [5.41, 5.74) is 1.29. The number of nitro groups is 1. The molecule has 0 aromatic heterocycles. The summed E-state index contributed by atoms with van der Waals surface area (Å²) in [6.45, 7) is 0. The number of hydrogen-bond donors (Lipinski definition) is 0. The van der Waals surface area contributed by atoms with Crippen LogP contribution in [-0.4, -0.2) is 17.9 Å². The van der Waals surface area contributed by atoms with Crippen LogP contribution in [0.15, 0.2) is 78.9 Å². The lowest BCUT2D eigenvalue weighted by atomic mass is 10.1. The van der Waals surface area contributed by atoms with Gasteiger partial charge in [0.25, 0.3) is 5.91 Å². The van der Waals surface area contributed by atoms with Crippen molar-refractivity contribution in [2.24, 2.45) is 0 Å². The molecule has 0 radical (unpaired) electrons. The maximum atomic E-state index is 13.2. The number of nitro benzene ring substituents is 1. The van der Waals surface area contributed by atoms with Gasteiger partial charge in [0.05, 0.1) is 12.0 Å². The van der Waals surface area contributed by atoms with E-state index in [0.29, 0.717) is 11.4 Å². The van der Waals surface area contributed by atoms with Crippen LogP contribution in [0.1, 0.15) is 10.4 Å². The number of carbonyl (C=O) groups excluding carboxylic acids is 1. The SMILES string of the molecule is COc1ccc(C(=O)N(c2ccccc2)c2ccccc2)cc1[N+](=O)[O-]. The van der Waals surface area contributed by atoms with Crippen LogP contribution < -0.4 is 9.64 Å². The molecule has 26 heavy (non-hydrogen) atoms. The zero-order valence-corrected chi connectivity index (χ0v) is 14.0. The molecule has 0 spiro atoms. The maximum absolute atomic E-state index is 13.2. The first-order valence-corrected chi connectivity index (χ1v) is 7.89. The van der Waals surface area contributed by atoms with Crippen LogP contribution in [0.4, 0.5) is 17.1 Å². The summed E-state index contributed by atoms with van der Waals surface area (Å²) in [4.78, 5) is 25.4. The first kappa shape index (κ1) is 17.2. The summed E-state index contributed by atoms with van der Waals surface area (Å²) in [6.07, 6.45) is 0. The predicted molar refractivity (Wildman–Crippen MR) is 99.0 cm³/mol. The Morgan fingerprint density at radius 1 is 0.923 bits per heavy atom.